The molecule has 6 heteroatoms. The van der Waals surface area contributed by atoms with E-state index < -0.39 is 0 Å². The number of thiophene rings is 1. The molecule has 0 saturated carbocycles. The molecule has 122 valence electrons. The fourth-order valence-electron chi connectivity index (χ4n) is 2.25. The van der Waals surface area contributed by atoms with Crippen LogP contribution in [0.5, 0.6) is 0 Å². The predicted octanol–water partition coefficient (Wildman–Crippen LogP) is 2.81. The number of hydrogen-bond acceptors (Lipinski definition) is 3. The Hall–Kier alpha value is -2.21. The zero-order valence-electron chi connectivity index (χ0n) is 12.8. The third-order valence-electron chi connectivity index (χ3n) is 3.28. The molecule has 1 aromatic heterocycles. The van der Waals surface area contributed by atoms with Crippen LogP contribution in [-0.4, -0.2) is 18.4 Å². The van der Waals surface area contributed by atoms with Crippen LogP contribution in [0.2, 0.25) is 0 Å². The first kappa shape index (κ1) is 17.1. The highest BCUT2D eigenvalue weighted by Crippen LogP contribution is 2.21. The Kier molecular flexibility index (Phi) is 6.29. The second-order valence-electron chi connectivity index (χ2n) is 5.20. The topological polar surface area (TPSA) is 58.2 Å². The Morgan fingerprint density at radius 3 is 2.74 bits per heavy atom. The van der Waals surface area contributed by atoms with Crippen molar-refractivity contribution >= 4 is 23.2 Å². The predicted molar refractivity (Wildman–Crippen MR) is 88.6 cm³/mol. The van der Waals surface area contributed by atoms with Crippen LogP contribution in [0.1, 0.15) is 29.8 Å². The summed E-state index contributed by atoms with van der Waals surface area (Å²) in [4.78, 5) is 24.3. The fourth-order valence-corrected chi connectivity index (χ4v) is 3.03. The van der Waals surface area contributed by atoms with Crippen LogP contribution in [0.3, 0.4) is 0 Å². The van der Waals surface area contributed by atoms with E-state index in [0.29, 0.717) is 13.0 Å². The summed E-state index contributed by atoms with van der Waals surface area (Å²) >= 11 is 1.50. The highest BCUT2D eigenvalue weighted by Gasteiger charge is 2.17. The third kappa shape index (κ3) is 5.83. The molecule has 0 bridgehead atoms. The molecule has 0 aliphatic rings. The second kappa shape index (κ2) is 8.43. The van der Waals surface area contributed by atoms with Gasteiger partial charge in [-0.25, -0.2) is 4.39 Å². The number of hydrogen-bond donors (Lipinski definition) is 2. The molecule has 0 fully saturated rings. The van der Waals surface area contributed by atoms with E-state index in [9.17, 15) is 14.0 Å². The molecule has 0 radical (unpaired) electrons. The van der Waals surface area contributed by atoms with Gasteiger partial charge in [-0.2, -0.15) is 0 Å². The van der Waals surface area contributed by atoms with E-state index in [1.807, 2.05) is 23.6 Å². The normalized spacial score (nSPS) is 11.7. The number of nitrogens with one attached hydrogen (secondary N) is 2. The van der Waals surface area contributed by atoms with Gasteiger partial charge in [0.1, 0.15) is 5.82 Å². The lowest BCUT2D eigenvalue weighted by molar-refractivity contribution is -0.122. The molecule has 1 atom stereocenters. The zero-order chi connectivity index (χ0) is 16.7. The molecule has 2 rings (SSSR count). The average Bonchev–Trinajstić information content (AvgIpc) is 3.00. The molecule has 1 aromatic carbocycles. The summed E-state index contributed by atoms with van der Waals surface area (Å²) in [6, 6.07) is 9.78. The van der Waals surface area contributed by atoms with Crippen molar-refractivity contribution in [1.82, 2.24) is 10.6 Å². The van der Waals surface area contributed by atoms with E-state index >= 15 is 0 Å². The Bertz CT molecular complexity index is 658. The van der Waals surface area contributed by atoms with Gasteiger partial charge in [0.15, 0.2) is 0 Å². The van der Waals surface area contributed by atoms with E-state index in [2.05, 4.69) is 10.6 Å². The summed E-state index contributed by atoms with van der Waals surface area (Å²) in [7, 11) is 0. The first-order valence-electron chi connectivity index (χ1n) is 7.36. The Morgan fingerprint density at radius 1 is 1.26 bits per heavy atom. The van der Waals surface area contributed by atoms with Crippen molar-refractivity contribution in [3.8, 4) is 0 Å². The van der Waals surface area contributed by atoms with Crippen LogP contribution in [-0.2, 0) is 16.0 Å². The summed E-state index contributed by atoms with van der Waals surface area (Å²) < 4.78 is 13.1. The van der Waals surface area contributed by atoms with Crippen LogP contribution >= 0.6 is 11.3 Å². The summed E-state index contributed by atoms with van der Waals surface area (Å²) in [5.41, 5.74) is 0.835. The lowest BCUT2D eigenvalue weighted by Crippen LogP contribution is -2.33. The second-order valence-corrected chi connectivity index (χ2v) is 6.18. The van der Waals surface area contributed by atoms with Crippen molar-refractivity contribution in [1.29, 1.82) is 0 Å². The smallest absolute Gasteiger partial charge is 0.222 e. The van der Waals surface area contributed by atoms with E-state index in [4.69, 9.17) is 0 Å². The first-order valence-corrected chi connectivity index (χ1v) is 8.24. The van der Waals surface area contributed by atoms with Gasteiger partial charge in [-0.3, -0.25) is 9.59 Å². The minimum absolute atomic E-state index is 0.145. The van der Waals surface area contributed by atoms with Gasteiger partial charge in [0.2, 0.25) is 11.8 Å². The van der Waals surface area contributed by atoms with Gasteiger partial charge in [0, 0.05) is 18.3 Å². The number of carbonyl (C=O) groups is 2. The first-order chi connectivity index (χ1) is 11.0. The van der Waals surface area contributed by atoms with Crippen molar-refractivity contribution in [3.05, 3.63) is 58.0 Å². The molecule has 1 unspecified atom stereocenters. The molecule has 2 amide bonds. The van der Waals surface area contributed by atoms with E-state index in [-0.39, 0.29) is 30.1 Å². The van der Waals surface area contributed by atoms with Crippen LogP contribution < -0.4 is 10.6 Å². The van der Waals surface area contributed by atoms with Gasteiger partial charge in [0.05, 0.1) is 12.5 Å². The molecular weight excluding hydrogens is 315 g/mol. The maximum absolute atomic E-state index is 13.1. The Morgan fingerprint density at radius 2 is 2.09 bits per heavy atom. The monoisotopic (exact) mass is 334 g/mol. The lowest BCUT2D eigenvalue weighted by atomic mass is 10.1. The SMILES string of the molecule is CC(=O)NC(CC(=O)NCCc1cccc(F)c1)c1cccs1. The summed E-state index contributed by atoms with van der Waals surface area (Å²) in [5, 5.41) is 7.51. The molecule has 2 N–H and O–H groups in total. The summed E-state index contributed by atoms with van der Waals surface area (Å²) in [6.45, 7) is 1.86. The highest BCUT2D eigenvalue weighted by atomic mass is 32.1. The number of benzene rings is 1. The van der Waals surface area contributed by atoms with Gasteiger partial charge in [0.25, 0.3) is 0 Å². The van der Waals surface area contributed by atoms with Gasteiger partial charge in [-0.1, -0.05) is 18.2 Å². The van der Waals surface area contributed by atoms with Crippen molar-refractivity contribution in [2.24, 2.45) is 0 Å². The minimum Gasteiger partial charge on any atom is -0.356 e. The van der Waals surface area contributed by atoms with Crippen LogP contribution in [0, 0.1) is 5.82 Å². The number of carbonyl (C=O) groups excluding carboxylic acids is 2. The molecule has 1 heterocycles. The van der Waals surface area contributed by atoms with Crippen LogP contribution in [0.15, 0.2) is 41.8 Å². The maximum atomic E-state index is 13.1. The molecule has 0 spiro atoms. The molecule has 0 aliphatic carbocycles. The van der Waals surface area contributed by atoms with Crippen LogP contribution in [0.25, 0.3) is 0 Å². The van der Waals surface area contributed by atoms with Crippen molar-refractivity contribution in [2.75, 3.05) is 6.54 Å². The molecule has 4 nitrogen and oxygen atoms in total. The maximum Gasteiger partial charge on any atom is 0.222 e. The third-order valence-corrected chi connectivity index (χ3v) is 4.26. The molecule has 0 saturated heterocycles. The highest BCUT2D eigenvalue weighted by molar-refractivity contribution is 7.10. The molecule has 2 aromatic rings. The summed E-state index contributed by atoms with van der Waals surface area (Å²) in [5.74, 6) is -0.596. The Labute approximate surface area is 138 Å². The van der Waals surface area contributed by atoms with Gasteiger partial charge in [-0.15, -0.1) is 11.3 Å². The van der Waals surface area contributed by atoms with E-state index in [1.54, 1.807) is 6.07 Å². The standard InChI is InChI=1S/C17H19FN2O2S/c1-12(21)20-15(16-6-3-9-23-16)11-17(22)19-8-7-13-4-2-5-14(18)10-13/h2-6,9-10,15H,7-8,11H2,1H3,(H,19,22)(H,20,21). The minimum atomic E-state index is -0.318. The molecule has 23 heavy (non-hydrogen) atoms. The van der Waals surface area contributed by atoms with E-state index in [0.717, 1.165) is 10.4 Å². The number of halogens is 1. The van der Waals surface area contributed by atoms with Gasteiger partial charge >= 0.3 is 0 Å². The number of amides is 2. The Balaban J connectivity index is 1.83. The van der Waals surface area contributed by atoms with Crippen molar-refractivity contribution < 1.29 is 14.0 Å². The van der Waals surface area contributed by atoms with Gasteiger partial charge in [-0.05, 0) is 35.6 Å². The lowest BCUT2D eigenvalue weighted by Gasteiger charge is -2.16. The van der Waals surface area contributed by atoms with Crippen molar-refractivity contribution in [2.45, 2.75) is 25.8 Å². The zero-order valence-corrected chi connectivity index (χ0v) is 13.7. The van der Waals surface area contributed by atoms with Gasteiger partial charge < -0.3 is 10.6 Å². The fraction of sp³-hybridized carbons (Fsp3) is 0.294. The van der Waals surface area contributed by atoms with Crippen molar-refractivity contribution in [3.63, 3.8) is 0 Å². The largest absolute Gasteiger partial charge is 0.356 e. The van der Waals surface area contributed by atoms with Crippen LogP contribution in [0.4, 0.5) is 4.39 Å². The molecular formula is C17H19FN2O2S. The van der Waals surface area contributed by atoms with E-state index in [1.165, 1.54) is 30.4 Å². The summed E-state index contributed by atoms with van der Waals surface area (Å²) in [6.07, 6.45) is 0.747. The molecule has 0 aliphatic heterocycles. The average molecular weight is 334 g/mol. The number of rotatable bonds is 7. The quantitative estimate of drug-likeness (QED) is 0.818.